The number of imide groups is 1. The zero-order valence-electron chi connectivity index (χ0n) is 14.0. The number of rotatable bonds is 5. The minimum atomic E-state index is -0.254. The number of aromatic nitrogens is 2. The van der Waals surface area contributed by atoms with Crippen LogP contribution in [-0.4, -0.2) is 39.4 Å². The van der Waals surface area contributed by atoms with Crippen LogP contribution in [0, 0.1) is 23.7 Å². The van der Waals surface area contributed by atoms with Gasteiger partial charge in [-0.2, -0.15) is 0 Å². The third kappa shape index (κ3) is 2.78. The zero-order valence-corrected chi connectivity index (χ0v) is 14.8. The molecule has 1 N–H and O–H groups in total. The second kappa shape index (κ2) is 6.33. The highest BCUT2D eigenvalue weighted by Gasteiger charge is 2.56. The molecule has 25 heavy (non-hydrogen) atoms. The number of nitrogens with zero attached hydrogens (tertiary/aromatic N) is 3. The first-order chi connectivity index (χ1) is 12.1. The molecule has 3 amide bonds. The summed E-state index contributed by atoms with van der Waals surface area (Å²) in [6.07, 6.45) is 7.00. The van der Waals surface area contributed by atoms with E-state index in [1.807, 2.05) is 6.92 Å². The Morgan fingerprint density at radius 1 is 1.20 bits per heavy atom. The normalized spacial score (nSPS) is 30.0. The molecule has 5 rings (SSSR count). The van der Waals surface area contributed by atoms with Gasteiger partial charge >= 0.3 is 0 Å². The summed E-state index contributed by atoms with van der Waals surface area (Å²) >= 11 is 1.34. The van der Waals surface area contributed by atoms with Crippen molar-refractivity contribution < 1.29 is 14.4 Å². The van der Waals surface area contributed by atoms with E-state index in [4.69, 9.17) is 0 Å². The summed E-state index contributed by atoms with van der Waals surface area (Å²) in [6.45, 7) is 2.10. The van der Waals surface area contributed by atoms with Gasteiger partial charge < -0.3 is 5.32 Å². The molecule has 1 aliphatic heterocycles. The van der Waals surface area contributed by atoms with E-state index in [9.17, 15) is 14.4 Å². The van der Waals surface area contributed by atoms with Crippen LogP contribution in [0.1, 0.15) is 31.2 Å². The fourth-order valence-electron chi connectivity index (χ4n) is 4.20. The Bertz CT molecular complexity index is 727. The number of hydrogen-bond acceptors (Lipinski definition) is 6. The third-order valence-electron chi connectivity index (χ3n) is 5.43. The molecular weight excluding hydrogens is 340 g/mol. The lowest BCUT2D eigenvalue weighted by molar-refractivity contribution is -0.140. The molecule has 4 atom stereocenters. The van der Waals surface area contributed by atoms with Gasteiger partial charge in [-0.1, -0.05) is 30.4 Å². The van der Waals surface area contributed by atoms with Gasteiger partial charge in [0.05, 0.1) is 11.8 Å². The Balaban J connectivity index is 1.37. The number of anilines is 1. The number of likely N-dealkylation sites (tertiary alicyclic amines) is 1. The first kappa shape index (κ1) is 16.4. The van der Waals surface area contributed by atoms with E-state index in [1.54, 1.807) is 0 Å². The van der Waals surface area contributed by atoms with Gasteiger partial charge in [0, 0.05) is 13.0 Å². The average Bonchev–Trinajstić information content (AvgIpc) is 3.18. The largest absolute Gasteiger partial charge is 0.300 e. The standard InChI is InChI=1S/C17H20N4O3S/c1-2-12-19-20-17(25-12)18-11(22)7-8-21-15(23)13-9-3-4-10(6-5-9)14(13)16(21)24/h3-4,9-10,13-14H,2,5-8H2,1H3,(H,18,20,22)/t9-,10-,13-,14-/m0/s1. The van der Waals surface area contributed by atoms with Crippen LogP contribution in [-0.2, 0) is 20.8 Å². The van der Waals surface area contributed by atoms with Gasteiger partial charge in [-0.05, 0) is 31.1 Å². The zero-order chi connectivity index (χ0) is 17.6. The molecule has 8 heteroatoms. The molecule has 2 fully saturated rings. The van der Waals surface area contributed by atoms with Crippen LogP contribution < -0.4 is 5.32 Å². The van der Waals surface area contributed by atoms with Gasteiger partial charge in [0.2, 0.25) is 22.9 Å². The van der Waals surface area contributed by atoms with E-state index in [-0.39, 0.29) is 54.4 Å². The molecule has 0 spiro atoms. The summed E-state index contributed by atoms with van der Waals surface area (Å²) in [5.41, 5.74) is 0. The molecule has 1 aromatic rings. The summed E-state index contributed by atoms with van der Waals surface area (Å²) < 4.78 is 0. The molecule has 3 aliphatic carbocycles. The highest BCUT2D eigenvalue weighted by atomic mass is 32.1. The van der Waals surface area contributed by atoms with Gasteiger partial charge in [-0.15, -0.1) is 10.2 Å². The predicted molar refractivity (Wildman–Crippen MR) is 91.6 cm³/mol. The third-order valence-corrected chi connectivity index (χ3v) is 6.41. The fourth-order valence-corrected chi connectivity index (χ4v) is 4.89. The monoisotopic (exact) mass is 360 g/mol. The molecule has 0 radical (unpaired) electrons. The predicted octanol–water partition coefficient (Wildman–Crippen LogP) is 1.63. The number of aryl methyl sites for hydroxylation is 1. The van der Waals surface area contributed by atoms with Crippen molar-refractivity contribution in [3.63, 3.8) is 0 Å². The fraction of sp³-hybridized carbons (Fsp3) is 0.588. The van der Waals surface area contributed by atoms with Crippen molar-refractivity contribution in [3.8, 4) is 0 Å². The van der Waals surface area contributed by atoms with E-state index >= 15 is 0 Å². The van der Waals surface area contributed by atoms with Crippen molar-refractivity contribution in [1.82, 2.24) is 15.1 Å². The van der Waals surface area contributed by atoms with E-state index in [2.05, 4.69) is 27.7 Å². The molecule has 1 aromatic heterocycles. The van der Waals surface area contributed by atoms with Crippen LogP contribution in [0.25, 0.3) is 0 Å². The van der Waals surface area contributed by atoms with Crippen LogP contribution in [0.2, 0.25) is 0 Å². The quantitative estimate of drug-likeness (QED) is 0.636. The van der Waals surface area contributed by atoms with E-state index in [0.717, 1.165) is 24.3 Å². The van der Waals surface area contributed by atoms with E-state index < -0.39 is 0 Å². The first-order valence-electron chi connectivity index (χ1n) is 8.74. The van der Waals surface area contributed by atoms with Crippen molar-refractivity contribution in [2.45, 2.75) is 32.6 Å². The molecule has 0 unspecified atom stereocenters. The number of nitrogens with one attached hydrogen (secondary N) is 1. The first-order valence-corrected chi connectivity index (χ1v) is 9.56. The van der Waals surface area contributed by atoms with Crippen molar-refractivity contribution in [1.29, 1.82) is 0 Å². The Hall–Kier alpha value is -2.09. The lowest BCUT2D eigenvalue weighted by Crippen LogP contribution is -2.38. The summed E-state index contributed by atoms with van der Waals surface area (Å²) in [7, 11) is 0. The Morgan fingerprint density at radius 3 is 2.36 bits per heavy atom. The number of hydrogen-bond donors (Lipinski definition) is 1. The van der Waals surface area contributed by atoms with Crippen LogP contribution in [0.15, 0.2) is 12.2 Å². The summed E-state index contributed by atoms with van der Waals surface area (Å²) in [5, 5.41) is 11.9. The minimum Gasteiger partial charge on any atom is -0.300 e. The summed E-state index contributed by atoms with van der Waals surface area (Å²) in [5.74, 6) is -0.533. The van der Waals surface area contributed by atoms with Gasteiger partial charge in [0.25, 0.3) is 0 Å². The van der Waals surface area contributed by atoms with Crippen molar-refractivity contribution >= 4 is 34.2 Å². The summed E-state index contributed by atoms with van der Waals surface area (Å²) in [6, 6.07) is 0. The summed E-state index contributed by atoms with van der Waals surface area (Å²) in [4.78, 5) is 38.7. The molecule has 4 aliphatic rings. The van der Waals surface area contributed by atoms with Crippen molar-refractivity contribution in [3.05, 3.63) is 17.2 Å². The van der Waals surface area contributed by atoms with Crippen LogP contribution in [0.4, 0.5) is 5.13 Å². The van der Waals surface area contributed by atoms with Gasteiger partial charge in [-0.3, -0.25) is 19.3 Å². The molecule has 1 saturated heterocycles. The maximum atomic E-state index is 12.7. The molecular formula is C17H20N4O3S. The van der Waals surface area contributed by atoms with Gasteiger partial charge in [0.1, 0.15) is 5.01 Å². The maximum Gasteiger partial charge on any atom is 0.233 e. The van der Waals surface area contributed by atoms with Gasteiger partial charge in [-0.25, -0.2) is 0 Å². The molecule has 2 heterocycles. The van der Waals surface area contributed by atoms with Crippen LogP contribution in [0.5, 0.6) is 0 Å². The van der Waals surface area contributed by atoms with Crippen molar-refractivity contribution in [2.24, 2.45) is 23.7 Å². The second-order valence-electron chi connectivity index (χ2n) is 6.82. The molecule has 0 aromatic carbocycles. The average molecular weight is 360 g/mol. The van der Waals surface area contributed by atoms with Gasteiger partial charge in [0.15, 0.2) is 0 Å². The Kier molecular flexibility index (Phi) is 4.15. The maximum absolute atomic E-state index is 12.7. The van der Waals surface area contributed by atoms with Crippen molar-refractivity contribution in [2.75, 3.05) is 11.9 Å². The van der Waals surface area contributed by atoms with E-state index in [1.165, 1.54) is 16.2 Å². The Morgan fingerprint density at radius 2 is 1.84 bits per heavy atom. The van der Waals surface area contributed by atoms with Crippen LogP contribution in [0.3, 0.4) is 0 Å². The number of carbonyl (C=O) groups is 3. The Labute approximate surface area is 149 Å². The highest BCUT2D eigenvalue weighted by molar-refractivity contribution is 7.15. The molecule has 7 nitrogen and oxygen atoms in total. The molecule has 1 saturated carbocycles. The number of allylic oxidation sites excluding steroid dienone is 2. The smallest absolute Gasteiger partial charge is 0.233 e. The lowest BCUT2D eigenvalue weighted by atomic mass is 9.63. The van der Waals surface area contributed by atoms with Crippen LogP contribution >= 0.6 is 11.3 Å². The second-order valence-corrected chi connectivity index (χ2v) is 7.88. The minimum absolute atomic E-state index is 0.0840. The molecule has 132 valence electrons. The topological polar surface area (TPSA) is 92.3 Å². The number of carbonyl (C=O) groups excluding carboxylic acids is 3. The number of amides is 3. The number of fused-ring (bicyclic) bond motifs is 1. The molecule has 2 bridgehead atoms. The highest BCUT2D eigenvalue weighted by Crippen LogP contribution is 2.49. The lowest BCUT2D eigenvalue weighted by Gasteiger charge is -2.38. The van der Waals surface area contributed by atoms with E-state index in [0.29, 0.717) is 5.13 Å². The SMILES string of the molecule is CCc1nnc(NC(=O)CCN2C(=O)[C@@H]3[C@@H](C2=O)[C@H]2C=C[C@H]3CC2)s1.